The number of alkyl halides is 3. The lowest BCUT2D eigenvalue weighted by Gasteiger charge is -2.25. The fraction of sp³-hybridized carbons (Fsp3) is 0.429. The first-order chi connectivity index (χ1) is 13.7. The third-order valence-electron chi connectivity index (χ3n) is 4.39. The molecular formula is C21H24Cl2F3NO2. The predicted molar refractivity (Wildman–Crippen MR) is 111 cm³/mol. The Morgan fingerprint density at radius 3 is 2.10 bits per heavy atom. The van der Waals surface area contributed by atoms with Crippen molar-refractivity contribution in [2.45, 2.75) is 38.8 Å². The molecule has 0 bridgehead atoms. The van der Waals surface area contributed by atoms with Gasteiger partial charge in [0.1, 0.15) is 5.75 Å². The van der Waals surface area contributed by atoms with Crippen LogP contribution >= 0.6 is 23.2 Å². The Bertz CT molecular complexity index is 759. The molecule has 0 aliphatic heterocycles. The van der Waals surface area contributed by atoms with Gasteiger partial charge in [0.2, 0.25) is 0 Å². The van der Waals surface area contributed by atoms with Crippen molar-refractivity contribution in [2.75, 3.05) is 24.6 Å². The zero-order chi connectivity index (χ0) is 21.4. The highest BCUT2D eigenvalue weighted by Crippen LogP contribution is 2.36. The number of phenolic OH excluding ortho intramolecular Hbond substituents is 1. The van der Waals surface area contributed by atoms with Crippen molar-refractivity contribution in [3.8, 4) is 11.5 Å². The number of hydrogen-bond donors (Lipinski definition) is 1. The van der Waals surface area contributed by atoms with Gasteiger partial charge < -0.3 is 14.7 Å². The number of unbranched alkanes of at least 4 members (excludes halogenated alkanes) is 2. The van der Waals surface area contributed by atoms with E-state index in [0.717, 1.165) is 43.6 Å². The Morgan fingerprint density at radius 1 is 0.966 bits per heavy atom. The number of phenols is 1. The zero-order valence-corrected chi connectivity index (χ0v) is 17.6. The first-order valence-corrected chi connectivity index (χ1v) is 10.2. The van der Waals surface area contributed by atoms with E-state index in [4.69, 9.17) is 27.9 Å². The number of nitrogens with zero attached hydrogens (tertiary/aromatic N) is 1. The number of anilines is 1. The number of ether oxygens (including phenoxy) is 1. The van der Waals surface area contributed by atoms with E-state index in [2.05, 4.69) is 11.8 Å². The highest BCUT2D eigenvalue weighted by atomic mass is 35.5. The van der Waals surface area contributed by atoms with Gasteiger partial charge in [0, 0.05) is 30.9 Å². The average Bonchev–Trinajstić information content (AvgIpc) is 2.64. The number of halogens is 5. The second kappa shape index (κ2) is 10.8. The topological polar surface area (TPSA) is 32.7 Å². The van der Waals surface area contributed by atoms with Gasteiger partial charge >= 0.3 is 6.18 Å². The first kappa shape index (κ1) is 23.5. The van der Waals surface area contributed by atoms with Crippen LogP contribution in [0.25, 0.3) is 0 Å². The summed E-state index contributed by atoms with van der Waals surface area (Å²) in [6, 6.07) is 7.92. The van der Waals surface area contributed by atoms with Crippen LogP contribution in [0.3, 0.4) is 0 Å². The van der Waals surface area contributed by atoms with Crippen LogP contribution in [-0.2, 0) is 6.18 Å². The summed E-state index contributed by atoms with van der Waals surface area (Å²) < 4.78 is 44.1. The molecule has 0 amide bonds. The molecule has 0 saturated carbocycles. The van der Waals surface area contributed by atoms with Gasteiger partial charge in [-0.15, -0.1) is 0 Å². The summed E-state index contributed by atoms with van der Waals surface area (Å²) in [6.07, 6.45) is -0.662. The average molecular weight is 450 g/mol. The van der Waals surface area contributed by atoms with Gasteiger partial charge in [0.05, 0.1) is 22.2 Å². The highest BCUT2D eigenvalue weighted by molar-refractivity contribution is 6.37. The Balaban J connectivity index is 1.98. The number of rotatable bonds is 10. The van der Waals surface area contributed by atoms with Crippen LogP contribution in [-0.4, -0.2) is 24.8 Å². The fourth-order valence-electron chi connectivity index (χ4n) is 2.90. The van der Waals surface area contributed by atoms with E-state index in [1.165, 1.54) is 24.3 Å². The molecule has 160 valence electrons. The molecule has 0 aliphatic rings. The van der Waals surface area contributed by atoms with Gasteiger partial charge in [-0.2, -0.15) is 13.2 Å². The summed E-state index contributed by atoms with van der Waals surface area (Å²) in [5, 5.41) is 9.90. The molecule has 0 saturated heterocycles. The number of benzene rings is 2. The van der Waals surface area contributed by atoms with Crippen molar-refractivity contribution in [1.29, 1.82) is 0 Å². The van der Waals surface area contributed by atoms with Crippen LogP contribution in [0.1, 0.15) is 38.2 Å². The summed E-state index contributed by atoms with van der Waals surface area (Å²) in [4.78, 5) is 2.05. The minimum atomic E-state index is -4.35. The molecule has 0 aromatic heterocycles. The first-order valence-electron chi connectivity index (χ1n) is 9.45. The van der Waals surface area contributed by atoms with E-state index < -0.39 is 11.7 Å². The quantitative estimate of drug-likeness (QED) is 0.389. The Hall–Kier alpha value is -1.79. The predicted octanol–water partition coefficient (Wildman–Crippen LogP) is 7.18. The zero-order valence-electron chi connectivity index (χ0n) is 16.1. The maximum atomic E-state index is 12.8. The lowest BCUT2D eigenvalue weighted by atomic mass is 10.1. The van der Waals surface area contributed by atoms with E-state index in [9.17, 15) is 18.3 Å². The summed E-state index contributed by atoms with van der Waals surface area (Å²) in [5.41, 5.74) is 0.0875. The fourth-order valence-corrected chi connectivity index (χ4v) is 3.48. The van der Waals surface area contributed by atoms with Crippen LogP contribution < -0.4 is 9.64 Å². The summed E-state index contributed by atoms with van der Waals surface area (Å²) >= 11 is 12.1. The lowest BCUT2D eigenvalue weighted by molar-refractivity contribution is -0.137. The second-order valence-electron chi connectivity index (χ2n) is 6.68. The Kier molecular flexibility index (Phi) is 8.78. The third-order valence-corrected chi connectivity index (χ3v) is 4.95. The molecule has 0 fully saturated rings. The molecule has 2 aromatic carbocycles. The Morgan fingerprint density at radius 2 is 1.55 bits per heavy atom. The van der Waals surface area contributed by atoms with Gasteiger partial charge in [0.15, 0.2) is 5.75 Å². The van der Waals surface area contributed by atoms with Crippen LogP contribution in [0, 0.1) is 0 Å². The summed E-state index contributed by atoms with van der Waals surface area (Å²) in [7, 11) is 0. The van der Waals surface area contributed by atoms with Crippen LogP contribution in [0.2, 0.25) is 10.0 Å². The van der Waals surface area contributed by atoms with Crippen LogP contribution in [0.5, 0.6) is 11.5 Å². The standard InChI is InChI=1S/C21H24Cl2F3NO2/c1-2-3-4-10-27(16-8-6-15(7-9-16)21(24,25)26)11-5-12-29-20-18(22)13-17(28)14-19(20)23/h6-9,13-14,28H,2-5,10-12H2,1H3. The molecule has 0 spiro atoms. The maximum Gasteiger partial charge on any atom is 0.416 e. The molecule has 0 unspecified atom stereocenters. The lowest BCUT2D eigenvalue weighted by Crippen LogP contribution is -2.27. The normalized spacial score (nSPS) is 11.5. The smallest absolute Gasteiger partial charge is 0.416 e. The van der Waals surface area contributed by atoms with Gasteiger partial charge in [0.25, 0.3) is 0 Å². The van der Waals surface area contributed by atoms with Crippen molar-refractivity contribution < 1.29 is 23.0 Å². The highest BCUT2D eigenvalue weighted by Gasteiger charge is 2.30. The molecule has 29 heavy (non-hydrogen) atoms. The Labute approximate surface area is 179 Å². The van der Waals surface area contributed by atoms with Gasteiger partial charge in [-0.05, 0) is 37.1 Å². The molecule has 1 N–H and O–H groups in total. The van der Waals surface area contributed by atoms with Crippen molar-refractivity contribution >= 4 is 28.9 Å². The molecule has 0 aliphatic carbocycles. The summed E-state index contributed by atoms with van der Waals surface area (Å²) in [5.74, 6) is 0.259. The number of aromatic hydroxyl groups is 1. The largest absolute Gasteiger partial charge is 0.508 e. The van der Waals surface area contributed by atoms with E-state index in [1.807, 2.05) is 0 Å². The van der Waals surface area contributed by atoms with Crippen molar-refractivity contribution in [3.63, 3.8) is 0 Å². The monoisotopic (exact) mass is 449 g/mol. The molecule has 8 heteroatoms. The molecule has 0 radical (unpaired) electrons. The number of hydrogen-bond acceptors (Lipinski definition) is 3. The molecule has 2 aromatic rings. The molecule has 3 nitrogen and oxygen atoms in total. The summed E-state index contributed by atoms with van der Waals surface area (Å²) in [6.45, 7) is 3.79. The van der Waals surface area contributed by atoms with Gasteiger partial charge in [-0.1, -0.05) is 43.0 Å². The second-order valence-corrected chi connectivity index (χ2v) is 7.49. The van der Waals surface area contributed by atoms with Crippen LogP contribution in [0.4, 0.5) is 18.9 Å². The molecule has 0 heterocycles. The van der Waals surface area contributed by atoms with Crippen molar-refractivity contribution in [1.82, 2.24) is 0 Å². The van der Waals surface area contributed by atoms with E-state index in [0.29, 0.717) is 25.3 Å². The van der Waals surface area contributed by atoms with E-state index >= 15 is 0 Å². The van der Waals surface area contributed by atoms with Gasteiger partial charge in [-0.25, -0.2) is 0 Å². The van der Waals surface area contributed by atoms with E-state index in [-0.39, 0.29) is 15.8 Å². The minimum absolute atomic E-state index is 0.0447. The molecular weight excluding hydrogens is 426 g/mol. The third kappa shape index (κ3) is 7.19. The molecule has 0 atom stereocenters. The van der Waals surface area contributed by atoms with Crippen molar-refractivity contribution in [2.24, 2.45) is 0 Å². The maximum absolute atomic E-state index is 12.8. The van der Waals surface area contributed by atoms with Crippen molar-refractivity contribution in [3.05, 3.63) is 52.0 Å². The van der Waals surface area contributed by atoms with E-state index in [1.54, 1.807) is 0 Å². The molecule has 2 rings (SSSR count). The minimum Gasteiger partial charge on any atom is -0.508 e. The van der Waals surface area contributed by atoms with Gasteiger partial charge in [-0.3, -0.25) is 0 Å². The SMILES string of the molecule is CCCCCN(CCCOc1c(Cl)cc(O)cc1Cl)c1ccc(C(F)(F)F)cc1. The van der Waals surface area contributed by atoms with Crippen LogP contribution in [0.15, 0.2) is 36.4 Å².